The Morgan fingerprint density at radius 2 is 2.11 bits per heavy atom. The van der Waals surface area contributed by atoms with Crippen LogP contribution in [0, 0.1) is 0 Å². The van der Waals surface area contributed by atoms with E-state index in [-0.39, 0.29) is 25.0 Å². The van der Waals surface area contributed by atoms with Gasteiger partial charge in [-0.25, -0.2) is 0 Å². The standard InChI is InChI=1S/C13H22N2O4/c1-4-11(17)14(5-2)7-12(18)15-8-13(9-15,10-16)19-6-3/h4,16H,1,5-10H2,2-3H3. The summed E-state index contributed by atoms with van der Waals surface area (Å²) >= 11 is 0. The molecule has 0 spiro atoms. The summed E-state index contributed by atoms with van der Waals surface area (Å²) in [6.45, 7) is 8.70. The molecule has 0 aromatic rings. The number of rotatable bonds is 7. The minimum atomic E-state index is -0.621. The molecule has 108 valence electrons. The van der Waals surface area contributed by atoms with Crippen molar-refractivity contribution in [3.8, 4) is 0 Å². The van der Waals surface area contributed by atoms with E-state index >= 15 is 0 Å². The van der Waals surface area contributed by atoms with Crippen LogP contribution >= 0.6 is 0 Å². The molecule has 19 heavy (non-hydrogen) atoms. The molecule has 6 heteroatoms. The molecule has 0 aromatic carbocycles. The minimum Gasteiger partial charge on any atom is -0.393 e. The number of likely N-dealkylation sites (N-methyl/N-ethyl adjacent to an activating group) is 1. The summed E-state index contributed by atoms with van der Waals surface area (Å²) in [5.74, 6) is -0.393. The lowest BCUT2D eigenvalue weighted by Gasteiger charge is -2.48. The highest BCUT2D eigenvalue weighted by molar-refractivity contribution is 5.91. The highest BCUT2D eigenvalue weighted by Gasteiger charge is 2.45. The van der Waals surface area contributed by atoms with Gasteiger partial charge < -0.3 is 19.6 Å². The molecule has 6 nitrogen and oxygen atoms in total. The van der Waals surface area contributed by atoms with Gasteiger partial charge in [0.05, 0.1) is 26.2 Å². The molecule has 1 rings (SSSR count). The number of nitrogens with zero attached hydrogens (tertiary/aromatic N) is 2. The zero-order valence-corrected chi connectivity index (χ0v) is 11.6. The Balaban J connectivity index is 2.49. The van der Waals surface area contributed by atoms with E-state index in [1.54, 1.807) is 4.90 Å². The number of carbonyl (C=O) groups excluding carboxylic acids is 2. The summed E-state index contributed by atoms with van der Waals surface area (Å²) in [6, 6.07) is 0. The Kier molecular flexibility index (Phi) is 5.50. The van der Waals surface area contributed by atoms with Gasteiger partial charge in [-0.05, 0) is 19.9 Å². The van der Waals surface area contributed by atoms with E-state index in [1.165, 1.54) is 11.0 Å². The topological polar surface area (TPSA) is 70.1 Å². The number of carbonyl (C=O) groups is 2. The third-order valence-corrected chi connectivity index (χ3v) is 3.24. The second-order valence-electron chi connectivity index (χ2n) is 4.58. The molecule has 2 amide bonds. The number of hydrogen-bond acceptors (Lipinski definition) is 4. The molecule has 0 unspecified atom stereocenters. The second-order valence-corrected chi connectivity index (χ2v) is 4.58. The first-order chi connectivity index (χ1) is 9.01. The SMILES string of the molecule is C=CC(=O)N(CC)CC(=O)N1CC(CO)(OCC)C1. The van der Waals surface area contributed by atoms with Crippen molar-refractivity contribution in [2.75, 3.05) is 39.4 Å². The molecule has 1 fully saturated rings. The normalized spacial score (nSPS) is 16.7. The van der Waals surface area contributed by atoms with E-state index in [2.05, 4.69) is 6.58 Å². The molecule has 1 N–H and O–H groups in total. The number of amides is 2. The molecule has 1 aliphatic heterocycles. The van der Waals surface area contributed by atoms with Crippen molar-refractivity contribution in [2.24, 2.45) is 0 Å². The number of aliphatic hydroxyl groups excluding tert-OH is 1. The highest BCUT2D eigenvalue weighted by atomic mass is 16.5. The lowest BCUT2D eigenvalue weighted by atomic mass is 9.94. The number of hydrogen-bond donors (Lipinski definition) is 1. The van der Waals surface area contributed by atoms with Gasteiger partial charge in [0.1, 0.15) is 5.60 Å². The fourth-order valence-corrected chi connectivity index (χ4v) is 2.11. The van der Waals surface area contributed by atoms with Crippen LogP contribution < -0.4 is 0 Å². The number of aliphatic hydroxyl groups is 1. The smallest absolute Gasteiger partial charge is 0.246 e. The Morgan fingerprint density at radius 3 is 2.53 bits per heavy atom. The van der Waals surface area contributed by atoms with E-state index in [0.29, 0.717) is 26.2 Å². The Labute approximate surface area is 113 Å². The van der Waals surface area contributed by atoms with Gasteiger partial charge in [0.25, 0.3) is 0 Å². The predicted octanol–water partition coefficient (Wildman–Crippen LogP) is -0.369. The van der Waals surface area contributed by atoms with Gasteiger partial charge in [-0.1, -0.05) is 6.58 Å². The van der Waals surface area contributed by atoms with Crippen molar-refractivity contribution in [2.45, 2.75) is 19.4 Å². The van der Waals surface area contributed by atoms with Crippen LogP contribution in [-0.2, 0) is 14.3 Å². The van der Waals surface area contributed by atoms with Crippen LogP contribution in [-0.4, -0.2) is 71.7 Å². The van der Waals surface area contributed by atoms with E-state index in [4.69, 9.17) is 4.74 Å². The molecule has 0 aromatic heterocycles. The van der Waals surface area contributed by atoms with Crippen molar-refractivity contribution >= 4 is 11.8 Å². The van der Waals surface area contributed by atoms with Crippen molar-refractivity contribution in [3.63, 3.8) is 0 Å². The van der Waals surface area contributed by atoms with Crippen LogP contribution in [0.5, 0.6) is 0 Å². The minimum absolute atomic E-state index is 0.0367. The van der Waals surface area contributed by atoms with Crippen LogP contribution in [0.4, 0.5) is 0 Å². The van der Waals surface area contributed by atoms with Gasteiger partial charge in [-0.15, -0.1) is 0 Å². The summed E-state index contributed by atoms with van der Waals surface area (Å²) in [4.78, 5) is 26.5. The maximum Gasteiger partial charge on any atom is 0.246 e. The summed E-state index contributed by atoms with van der Waals surface area (Å²) in [5, 5.41) is 9.28. The molecule has 0 aliphatic carbocycles. The average Bonchev–Trinajstić information content (AvgIpc) is 2.38. The Hall–Kier alpha value is -1.40. The quantitative estimate of drug-likeness (QED) is 0.641. The van der Waals surface area contributed by atoms with Crippen molar-refractivity contribution in [3.05, 3.63) is 12.7 Å². The van der Waals surface area contributed by atoms with Gasteiger partial charge in [0.2, 0.25) is 11.8 Å². The monoisotopic (exact) mass is 270 g/mol. The van der Waals surface area contributed by atoms with Crippen molar-refractivity contribution in [1.29, 1.82) is 0 Å². The van der Waals surface area contributed by atoms with Gasteiger partial charge in [-0.3, -0.25) is 9.59 Å². The summed E-state index contributed by atoms with van der Waals surface area (Å²) < 4.78 is 5.45. The molecule has 0 bridgehead atoms. The molecule has 0 saturated carbocycles. The van der Waals surface area contributed by atoms with E-state index < -0.39 is 5.60 Å². The molecule has 0 radical (unpaired) electrons. The van der Waals surface area contributed by atoms with Gasteiger partial charge in [0.15, 0.2) is 0 Å². The fourth-order valence-electron chi connectivity index (χ4n) is 2.11. The van der Waals surface area contributed by atoms with Gasteiger partial charge >= 0.3 is 0 Å². The lowest BCUT2D eigenvalue weighted by molar-refractivity contribution is -0.179. The highest BCUT2D eigenvalue weighted by Crippen LogP contribution is 2.24. The molecule has 1 aliphatic rings. The summed E-state index contributed by atoms with van der Waals surface area (Å²) in [6.07, 6.45) is 1.20. The molecule has 1 heterocycles. The van der Waals surface area contributed by atoms with Crippen molar-refractivity contribution in [1.82, 2.24) is 9.80 Å². The van der Waals surface area contributed by atoms with Crippen LogP contribution in [0.15, 0.2) is 12.7 Å². The van der Waals surface area contributed by atoms with Gasteiger partial charge in [0, 0.05) is 13.2 Å². The fraction of sp³-hybridized carbons (Fsp3) is 0.692. The molecular weight excluding hydrogens is 248 g/mol. The zero-order valence-electron chi connectivity index (χ0n) is 11.6. The third kappa shape index (κ3) is 3.54. The lowest BCUT2D eigenvalue weighted by Crippen LogP contribution is -2.67. The van der Waals surface area contributed by atoms with Crippen LogP contribution in [0.1, 0.15) is 13.8 Å². The Morgan fingerprint density at radius 1 is 1.47 bits per heavy atom. The number of ether oxygens (including phenoxy) is 1. The Bertz CT molecular complexity index is 351. The van der Waals surface area contributed by atoms with Crippen LogP contribution in [0.2, 0.25) is 0 Å². The predicted molar refractivity (Wildman–Crippen MR) is 70.5 cm³/mol. The van der Waals surface area contributed by atoms with Crippen LogP contribution in [0.3, 0.4) is 0 Å². The van der Waals surface area contributed by atoms with E-state index in [0.717, 1.165) is 0 Å². The molecule has 1 saturated heterocycles. The van der Waals surface area contributed by atoms with Crippen molar-refractivity contribution < 1.29 is 19.4 Å². The average molecular weight is 270 g/mol. The van der Waals surface area contributed by atoms with Gasteiger partial charge in [-0.2, -0.15) is 0 Å². The second kappa shape index (κ2) is 6.68. The summed E-state index contributed by atoms with van der Waals surface area (Å²) in [5.41, 5.74) is -0.621. The maximum absolute atomic E-state index is 12.0. The molecule has 0 atom stereocenters. The first-order valence-corrected chi connectivity index (χ1v) is 6.45. The third-order valence-electron chi connectivity index (χ3n) is 3.24. The van der Waals surface area contributed by atoms with E-state index in [1.807, 2.05) is 13.8 Å². The number of likely N-dealkylation sites (tertiary alicyclic amines) is 1. The van der Waals surface area contributed by atoms with Crippen LogP contribution in [0.25, 0.3) is 0 Å². The molecular formula is C13H22N2O4. The first-order valence-electron chi connectivity index (χ1n) is 6.45. The maximum atomic E-state index is 12.0. The van der Waals surface area contributed by atoms with E-state index in [9.17, 15) is 14.7 Å². The largest absolute Gasteiger partial charge is 0.393 e. The summed E-state index contributed by atoms with van der Waals surface area (Å²) in [7, 11) is 0. The first kappa shape index (κ1) is 15.7. The zero-order chi connectivity index (χ0) is 14.5.